The summed E-state index contributed by atoms with van der Waals surface area (Å²) in [7, 11) is -3.70. The van der Waals surface area contributed by atoms with Crippen molar-refractivity contribution < 1.29 is 8.42 Å². The first kappa shape index (κ1) is 21.1. The van der Waals surface area contributed by atoms with E-state index < -0.39 is 10.0 Å². The van der Waals surface area contributed by atoms with Crippen molar-refractivity contribution in [1.82, 2.24) is 0 Å². The first-order chi connectivity index (χ1) is 13.9. The Labute approximate surface area is 181 Å². The second-order valence-corrected chi connectivity index (χ2v) is 8.75. The zero-order valence-electron chi connectivity index (χ0n) is 15.6. The van der Waals surface area contributed by atoms with E-state index in [2.05, 4.69) is 22.3 Å². The molecule has 0 amide bonds. The number of sulfonamides is 1. The second-order valence-electron chi connectivity index (χ2n) is 6.23. The first-order valence-corrected chi connectivity index (χ1v) is 11.2. The predicted molar refractivity (Wildman–Crippen MR) is 124 cm³/mol. The third-order valence-electron chi connectivity index (χ3n) is 4.17. The van der Waals surface area contributed by atoms with E-state index in [-0.39, 0.29) is 4.90 Å². The maximum absolute atomic E-state index is 12.5. The summed E-state index contributed by atoms with van der Waals surface area (Å²) in [5.41, 5.74) is 3.23. The van der Waals surface area contributed by atoms with Gasteiger partial charge in [-0.25, -0.2) is 8.42 Å². The number of benzene rings is 3. The maximum atomic E-state index is 12.5. The number of nitrogens with one attached hydrogen (secondary N) is 3. The summed E-state index contributed by atoms with van der Waals surface area (Å²) >= 11 is 11.2. The lowest BCUT2D eigenvalue weighted by molar-refractivity contribution is 0.601. The highest BCUT2D eigenvalue weighted by Crippen LogP contribution is 2.20. The van der Waals surface area contributed by atoms with E-state index in [9.17, 15) is 8.42 Å². The molecule has 0 heterocycles. The van der Waals surface area contributed by atoms with E-state index in [0.29, 0.717) is 21.5 Å². The van der Waals surface area contributed by atoms with Gasteiger partial charge in [-0.1, -0.05) is 36.7 Å². The van der Waals surface area contributed by atoms with Gasteiger partial charge < -0.3 is 10.6 Å². The number of para-hydroxylation sites is 1. The zero-order valence-corrected chi connectivity index (χ0v) is 18.0. The lowest BCUT2D eigenvalue weighted by Crippen LogP contribution is -2.20. The van der Waals surface area contributed by atoms with Gasteiger partial charge in [-0.15, -0.1) is 0 Å². The van der Waals surface area contributed by atoms with Gasteiger partial charge in [-0.3, -0.25) is 4.72 Å². The van der Waals surface area contributed by atoms with Crippen LogP contribution in [0.3, 0.4) is 0 Å². The summed E-state index contributed by atoms with van der Waals surface area (Å²) in [6.45, 7) is 2.08. The molecule has 150 valence electrons. The summed E-state index contributed by atoms with van der Waals surface area (Å²) in [6.07, 6.45) is 0.888. The van der Waals surface area contributed by atoms with Crippen molar-refractivity contribution in [2.24, 2.45) is 0 Å². The standard InChI is InChI=1S/C21H20ClN3O2S2/c1-2-15-5-3-4-6-20(15)24-21(28)23-17-11-13-19(14-12-17)29(26,27)25-18-9-7-16(22)8-10-18/h3-14,25H,2H2,1H3,(H2,23,24,28). The van der Waals surface area contributed by atoms with Crippen LogP contribution < -0.4 is 15.4 Å². The molecule has 0 unspecified atom stereocenters. The molecule has 3 N–H and O–H groups in total. The van der Waals surface area contributed by atoms with Gasteiger partial charge in [0.15, 0.2) is 5.11 Å². The largest absolute Gasteiger partial charge is 0.332 e. The highest BCUT2D eigenvalue weighted by molar-refractivity contribution is 7.92. The van der Waals surface area contributed by atoms with Gasteiger partial charge in [0, 0.05) is 22.1 Å². The lowest BCUT2D eigenvalue weighted by atomic mass is 10.1. The second kappa shape index (κ2) is 9.26. The Morgan fingerprint density at radius 3 is 2.17 bits per heavy atom. The minimum atomic E-state index is -3.70. The van der Waals surface area contributed by atoms with Crippen LogP contribution in [0.15, 0.2) is 77.7 Å². The van der Waals surface area contributed by atoms with E-state index in [4.69, 9.17) is 23.8 Å². The molecule has 0 saturated heterocycles. The van der Waals surface area contributed by atoms with Crippen molar-refractivity contribution in [3.05, 3.63) is 83.4 Å². The average Bonchev–Trinajstić information content (AvgIpc) is 2.70. The molecular formula is C21H20ClN3O2S2. The molecule has 0 atom stereocenters. The number of halogens is 1. The molecule has 0 bridgehead atoms. The quantitative estimate of drug-likeness (QED) is 0.436. The van der Waals surface area contributed by atoms with Crippen molar-refractivity contribution in [1.29, 1.82) is 0 Å². The van der Waals surface area contributed by atoms with Crippen molar-refractivity contribution in [2.45, 2.75) is 18.2 Å². The number of rotatable bonds is 6. The molecule has 0 aromatic heterocycles. The summed E-state index contributed by atoms with van der Waals surface area (Å²) < 4.78 is 27.6. The minimum Gasteiger partial charge on any atom is -0.332 e. The molecular weight excluding hydrogens is 426 g/mol. The molecule has 0 aliphatic rings. The van der Waals surface area contributed by atoms with Crippen LogP contribution in [0, 0.1) is 0 Å². The summed E-state index contributed by atoms with van der Waals surface area (Å²) in [5.74, 6) is 0. The van der Waals surface area contributed by atoms with E-state index in [1.807, 2.05) is 24.3 Å². The van der Waals surface area contributed by atoms with Crippen molar-refractivity contribution in [3.8, 4) is 0 Å². The number of anilines is 3. The van der Waals surface area contributed by atoms with Crippen LogP contribution in [0.5, 0.6) is 0 Å². The zero-order chi connectivity index (χ0) is 20.9. The normalized spacial score (nSPS) is 11.0. The fourth-order valence-electron chi connectivity index (χ4n) is 2.68. The molecule has 0 spiro atoms. The van der Waals surface area contributed by atoms with E-state index in [1.54, 1.807) is 36.4 Å². The van der Waals surface area contributed by atoms with Crippen molar-refractivity contribution >= 4 is 56.0 Å². The van der Waals surface area contributed by atoms with Crippen molar-refractivity contribution in [3.63, 3.8) is 0 Å². The average molecular weight is 446 g/mol. The molecule has 0 radical (unpaired) electrons. The molecule has 29 heavy (non-hydrogen) atoms. The van der Waals surface area contributed by atoms with Crippen LogP contribution in [-0.2, 0) is 16.4 Å². The third kappa shape index (κ3) is 5.69. The van der Waals surface area contributed by atoms with Crippen LogP contribution in [0.4, 0.5) is 17.1 Å². The number of hydrogen-bond donors (Lipinski definition) is 3. The van der Waals surface area contributed by atoms with E-state index >= 15 is 0 Å². The van der Waals surface area contributed by atoms with Crippen LogP contribution >= 0.6 is 23.8 Å². The summed E-state index contributed by atoms with van der Waals surface area (Å²) in [6, 6.07) is 20.7. The van der Waals surface area contributed by atoms with Gasteiger partial charge in [0.2, 0.25) is 0 Å². The Morgan fingerprint density at radius 1 is 0.897 bits per heavy atom. The van der Waals surface area contributed by atoms with Gasteiger partial charge in [0.05, 0.1) is 4.90 Å². The summed E-state index contributed by atoms with van der Waals surface area (Å²) in [5, 5.41) is 7.21. The molecule has 0 aliphatic carbocycles. The molecule has 0 aliphatic heterocycles. The van der Waals surface area contributed by atoms with E-state index in [1.165, 1.54) is 12.1 Å². The fourth-order valence-corrected chi connectivity index (χ4v) is 4.10. The fraction of sp³-hybridized carbons (Fsp3) is 0.0952. The number of hydrogen-bond acceptors (Lipinski definition) is 3. The highest BCUT2D eigenvalue weighted by Gasteiger charge is 2.14. The molecule has 0 saturated carbocycles. The molecule has 3 aromatic rings. The Morgan fingerprint density at radius 2 is 1.52 bits per heavy atom. The Bertz CT molecular complexity index is 1100. The third-order valence-corrected chi connectivity index (χ3v) is 6.02. The highest BCUT2D eigenvalue weighted by atomic mass is 35.5. The topological polar surface area (TPSA) is 70.2 Å². The van der Waals surface area contributed by atoms with Crippen LogP contribution in [0.2, 0.25) is 5.02 Å². The Kier molecular flexibility index (Phi) is 6.74. The monoisotopic (exact) mass is 445 g/mol. The first-order valence-electron chi connectivity index (χ1n) is 8.92. The number of thiocarbonyl (C=S) groups is 1. The smallest absolute Gasteiger partial charge is 0.261 e. The van der Waals surface area contributed by atoms with Crippen LogP contribution in [0.1, 0.15) is 12.5 Å². The SMILES string of the molecule is CCc1ccccc1NC(=S)Nc1ccc(S(=O)(=O)Nc2ccc(Cl)cc2)cc1. The van der Waals surface area contributed by atoms with Crippen LogP contribution in [0.25, 0.3) is 0 Å². The van der Waals surface area contributed by atoms with Crippen LogP contribution in [-0.4, -0.2) is 13.5 Å². The maximum Gasteiger partial charge on any atom is 0.261 e. The lowest BCUT2D eigenvalue weighted by Gasteiger charge is -2.14. The predicted octanol–water partition coefficient (Wildman–Crippen LogP) is 5.51. The summed E-state index contributed by atoms with van der Waals surface area (Å²) in [4.78, 5) is 0.146. The van der Waals surface area contributed by atoms with E-state index in [0.717, 1.165) is 17.7 Å². The van der Waals surface area contributed by atoms with Gasteiger partial charge in [-0.2, -0.15) is 0 Å². The molecule has 8 heteroatoms. The Balaban J connectivity index is 1.66. The number of aryl methyl sites for hydroxylation is 1. The molecule has 3 aromatic carbocycles. The molecule has 3 rings (SSSR count). The van der Waals surface area contributed by atoms with Gasteiger partial charge >= 0.3 is 0 Å². The van der Waals surface area contributed by atoms with Gasteiger partial charge in [0.25, 0.3) is 10.0 Å². The molecule has 0 fully saturated rings. The van der Waals surface area contributed by atoms with Crippen molar-refractivity contribution in [2.75, 3.05) is 15.4 Å². The minimum absolute atomic E-state index is 0.146. The Hall–Kier alpha value is -2.61. The van der Waals surface area contributed by atoms with Gasteiger partial charge in [0.1, 0.15) is 0 Å². The molecule has 5 nitrogen and oxygen atoms in total. The van der Waals surface area contributed by atoms with Gasteiger partial charge in [-0.05, 0) is 78.8 Å².